The fourth-order valence-corrected chi connectivity index (χ4v) is 5.77. The fourth-order valence-electron chi connectivity index (χ4n) is 5.77. The Labute approximate surface area is 262 Å². The van der Waals surface area contributed by atoms with Crippen LogP contribution in [0.25, 0.3) is 6.08 Å². The predicted molar refractivity (Wildman–Crippen MR) is 150 cm³/mol. The van der Waals surface area contributed by atoms with E-state index in [0.717, 1.165) is 11.8 Å². The number of carbonyl (C=O) groups excluding carboxylic acids is 1. The normalized spacial score (nSPS) is 42.4. The molecular weight excluding hydrogens is 616 g/mol. The molecule has 254 valence electrons. The third-order valence-electron chi connectivity index (χ3n) is 8.38. The molecule has 1 aromatic rings. The van der Waals surface area contributed by atoms with Crippen LogP contribution in [0, 0.1) is 5.92 Å². The number of rotatable bonds is 10. The lowest BCUT2D eigenvalue weighted by molar-refractivity contribution is -0.348. The van der Waals surface area contributed by atoms with Gasteiger partial charge in [0.2, 0.25) is 6.29 Å². The maximum absolute atomic E-state index is 12.6. The molecule has 4 aliphatic rings. The van der Waals surface area contributed by atoms with Crippen LogP contribution in [0.4, 0.5) is 0 Å². The zero-order chi connectivity index (χ0) is 33.2. The highest BCUT2D eigenvalue weighted by Crippen LogP contribution is 2.46. The Morgan fingerprint density at radius 2 is 1.39 bits per heavy atom. The van der Waals surface area contributed by atoms with E-state index in [2.05, 4.69) is 0 Å². The van der Waals surface area contributed by atoms with Gasteiger partial charge in [-0.15, -0.1) is 0 Å². The average molecular weight is 655 g/mol. The smallest absolute Gasteiger partial charge is 0.331 e. The number of esters is 1. The molecule has 2 saturated heterocycles. The molecular formula is C30H38O16. The van der Waals surface area contributed by atoms with Gasteiger partial charge in [0.05, 0.1) is 25.4 Å². The van der Waals surface area contributed by atoms with Gasteiger partial charge in [0, 0.05) is 6.08 Å². The standard InChI is InChI=1S/C30H38O16/c31-11-16-21(34)23(36)25(38)28(43-16)45-18-10-15(13-42-19(33)7-6-14-4-2-1-3-5-14)20-27(41-9-8-30(18,20)40)46-29-26(39)24(37)22(35)17(12-32)44-29/h1-10,16-18,20-29,31-32,34-40H,11-13H2/b7-6+/t16-,17-,18-,20+,21-,22-,23+,24+,25-,26-,27+,28+,29+,30-/m1/s1. The molecule has 0 bridgehead atoms. The van der Waals surface area contributed by atoms with E-state index in [4.69, 9.17) is 28.4 Å². The topological polar surface area (TPSA) is 255 Å². The van der Waals surface area contributed by atoms with Crippen molar-refractivity contribution >= 4 is 12.0 Å². The quantitative estimate of drug-likeness (QED) is 0.0671. The van der Waals surface area contributed by atoms with E-state index in [-0.39, 0.29) is 5.57 Å². The Morgan fingerprint density at radius 1 is 0.804 bits per heavy atom. The minimum atomic E-state index is -2.07. The minimum Gasteiger partial charge on any atom is -0.472 e. The van der Waals surface area contributed by atoms with Crippen molar-refractivity contribution in [3.63, 3.8) is 0 Å². The summed E-state index contributed by atoms with van der Waals surface area (Å²) in [5.74, 6) is -2.00. The molecule has 1 aromatic carbocycles. The molecule has 14 atom stereocenters. The van der Waals surface area contributed by atoms with Crippen LogP contribution in [-0.4, -0.2) is 151 Å². The second kappa shape index (κ2) is 14.5. The summed E-state index contributed by atoms with van der Waals surface area (Å²) in [6.07, 6.45) is -13.0. The first-order valence-electron chi connectivity index (χ1n) is 14.6. The minimum absolute atomic E-state index is 0.178. The van der Waals surface area contributed by atoms with Crippen molar-refractivity contribution in [2.75, 3.05) is 19.8 Å². The molecule has 0 aromatic heterocycles. The molecule has 0 radical (unpaired) electrons. The third kappa shape index (κ3) is 6.90. The first-order valence-corrected chi connectivity index (χ1v) is 14.6. The Kier molecular flexibility index (Phi) is 10.9. The van der Waals surface area contributed by atoms with Gasteiger partial charge in [-0.2, -0.15) is 0 Å². The SMILES string of the molecule is O=C(/C=C/c1ccccc1)OCC1=C[C@@H](O[C@@H]2O[C@H](CO)[C@@H](O)[C@H](O)[C@H]2O)[C@]2(O)C=CO[C@@H](O[C@@H]3O[C@H](CO)[C@@H](O)[C@H](O)[C@H]3O)[C@H]12. The lowest BCUT2D eigenvalue weighted by Crippen LogP contribution is -2.62. The molecule has 46 heavy (non-hydrogen) atoms. The number of hydrogen-bond donors (Lipinski definition) is 9. The largest absolute Gasteiger partial charge is 0.472 e. The third-order valence-corrected chi connectivity index (χ3v) is 8.38. The highest BCUT2D eigenvalue weighted by atomic mass is 16.8. The lowest BCUT2D eigenvalue weighted by atomic mass is 9.83. The Bertz CT molecular complexity index is 1270. The molecule has 0 saturated carbocycles. The predicted octanol–water partition coefficient (Wildman–Crippen LogP) is -3.60. The second-order valence-electron chi connectivity index (χ2n) is 11.4. The van der Waals surface area contributed by atoms with E-state index in [1.807, 2.05) is 6.07 Å². The zero-order valence-corrected chi connectivity index (χ0v) is 24.3. The van der Waals surface area contributed by atoms with Gasteiger partial charge in [-0.05, 0) is 29.4 Å². The zero-order valence-electron chi connectivity index (χ0n) is 24.3. The molecule has 0 unspecified atom stereocenters. The van der Waals surface area contributed by atoms with Crippen molar-refractivity contribution in [2.24, 2.45) is 5.92 Å². The Hall–Kier alpha value is -2.81. The number of aliphatic hydroxyl groups excluding tert-OH is 8. The summed E-state index contributed by atoms with van der Waals surface area (Å²) in [6.45, 7) is -1.89. The molecule has 5 rings (SSSR count). The van der Waals surface area contributed by atoms with Gasteiger partial charge in [0.1, 0.15) is 67.1 Å². The van der Waals surface area contributed by atoms with Gasteiger partial charge >= 0.3 is 5.97 Å². The van der Waals surface area contributed by atoms with Crippen molar-refractivity contribution in [3.8, 4) is 0 Å². The summed E-state index contributed by atoms with van der Waals surface area (Å²) >= 11 is 0. The molecule has 0 spiro atoms. The van der Waals surface area contributed by atoms with E-state index < -0.39 is 111 Å². The average Bonchev–Trinajstić information content (AvgIpc) is 3.35. The first-order chi connectivity index (χ1) is 22.0. The molecule has 3 aliphatic heterocycles. The van der Waals surface area contributed by atoms with Crippen LogP contribution in [0.2, 0.25) is 0 Å². The Balaban J connectivity index is 1.39. The summed E-state index contributed by atoms with van der Waals surface area (Å²) in [5, 5.41) is 93.0. The maximum atomic E-state index is 12.6. The summed E-state index contributed by atoms with van der Waals surface area (Å²) in [4.78, 5) is 12.6. The van der Waals surface area contributed by atoms with Crippen LogP contribution >= 0.6 is 0 Å². The molecule has 16 heteroatoms. The van der Waals surface area contributed by atoms with E-state index in [9.17, 15) is 50.8 Å². The monoisotopic (exact) mass is 654 g/mol. The molecule has 2 fully saturated rings. The number of ether oxygens (including phenoxy) is 6. The van der Waals surface area contributed by atoms with E-state index in [0.29, 0.717) is 0 Å². The number of aliphatic hydroxyl groups is 9. The maximum Gasteiger partial charge on any atom is 0.331 e. The first kappa shape index (κ1) is 34.5. The van der Waals surface area contributed by atoms with E-state index in [1.54, 1.807) is 24.3 Å². The fraction of sp³-hybridized carbons (Fsp3) is 0.567. The summed E-state index contributed by atoms with van der Waals surface area (Å²) in [5.41, 5.74) is -1.16. The number of hydrogen-bond acceptors (Lipinski definition) is 16. The van der Waals surface area contributed by atoms with Gasteiger partial charge in [-0.3, -0.25) is 0 Å². The van der Waals surface area contributed by atoms with Crippen molar-refractivity contribution < 1.29 is 79.2 Å². The Morgan fingerprint density at radius 3 is 1.98 bits per heavy atom. The van der Waals surface area contributed by atoms with Crippen LogP contribution in [-0.2, 0) is 33.2 Å². The van der Waals surface area contributed by atoms with Crippen molar-refractivity contribution in [2.45, 2.75) is 79.4 Å². The highest BCUT2D eigenvalue weighted by Gasteiger charge is 2.58. The molecule has 16 nitrogen and oxygen atoms in total. The van der Waals surface area contributed by atoms with E-state index >= 15 is 0 Å². The number of carbonyl (C=O) groups is 1. The van der Waals surface area contributed by atoms with Gasteiger partial charge in [0.15, 0.2) is 12.6 Å². The van der Waals surface area contributed by atoms with Crippen LogP contribution in [0.15, 0.2) is 60.4 Å². The van der Waals surface area contributed by atoms with Crippen LogP contribution < -0.4 is 0 Å². The summed E-state index contributed by atoms with van der Waals surface area (Å²) in [7, 11) is 0. The van der Waals surface area contributed by atoms with Gasteiger partial charge in [-0.25, -0.2) is 4.79 Å². The van der Waals surface area contributed by atoms with Gasteiger partial charge < -0.3 is 74.4 Å². The number of benzene rings is 1. The van der Waals surface area contributed by atoms with Gasteiger partial charge in [0.25, 0.3) is 0 Å². The van der Waals surface area contributed by atoms with Crippen LogP contribution in [0.1, 0.15) is 5.56 Å². The van der Waals surface area contributed by atoms with Crippen molar-refractivity contribution in [3.05, 3.63) is 66.0 Å². The lowest BCUT2D eigenvalue weighted by Gasteiger charge is -2.45. The number of fused-ring (bicyclic) bond motifs is 1. The van der Waals surface area contributed by atoms with Crippen LogP contribution in [0.3, 0.4) is 0 Å². The summed E-state index contributed by atoms with van der Waals surface area (Å²) < 4.78 is 33.6. The van der Waals surface area contributed by atoms with Gasteiger partial charge in [-0.1, -0.05) is 30.3 Å². The second-order valence-corrected chi connectivity index (χ2v) is 11.4. The van der Waals surface area contributed by atoms with Crippen molar-refractivity contribution in [1.82, 2.24) is 0 Å². The summed E-state index contributed by atoms with van der Waals surface area (Å²) in [6, 6.07) is 8.94. The van der Waals surface area contributed by atoms with E-state index in [1.165, 1.54) is 24.3 Å². The van der Waals surface area contributed by atoms with Crippen molar-refractivity contribution in [1.29, 1.82) is 0 Å². The molecule has 3 heterocycles. The molecule has 0 amide bonds. The molecule has 1 aliphatic carbocycles. The highest BCUT2D eigenvalue weighted by molar-refractivity contribution is 5.87. The van der Waals surface area contributed by atoms with Crippen LogP contribution in [0.5, 0.6) is 0 Å². The molecule has 9 N–H and O–H groups in total.